The summed E-state index contributed by atoms with van der Waals surface area (Å²) < 4.78 is 0. The second-order valence-corrected chi connectivity index (χ2v) is 5.61. The van der Waals surface area contributed by atoms with E-state index >= 15 is 0 Å². The lowest BCUT2D eigenvalue weighted by molar-refractivity contribution is -0.142. The van der Waals surface area contributed by atoms with Crippen LogP contribution in [0.1, 0.15) is 46.0 Å². The third-order valence-corrected chi connectivity index (χ3v) is 4.16. The molecule has 0 aromatic carbocycles. The van der Waals surface area contributed by atoms with Crippen LogP contribution in [0.15, 0.2) is 0 Å². The molecule has 5 heteroatoms. The maximum Gasteiger partial charge on any atom is 0.327 e. The van der Waals surface area contributed by atoms with Crippen LogP contribution < -0.4 is 5.32 Å². The Morgan fingerprint density at radius 1 is 1.32 bits per heavy atom. The molecule has 0 aromatic heterocycles. The first-order valence-corrected chi connectivity index (χ1v) is 7.14. The molecular formula is C14H26N2O3. The van der Waals surface area contributed by atoms with Gasteiger partial charge in [-0.15, -0.1) is 0 Å². The van der Waals surface area contributed by atoms with Crippen LogP contribution in [-0.2, 0) is 9.59 Å². The molecule has 1 atom stereocenters. The minimum atomic E-state index is -0.968. The number of carbonyl (C=O) groups is 2. The molecule has 1 fully saturated rings. The number of aliphatic carboxylic acids is 1. The Bertz CT molecular complexity index is 312. The van der Waals surface area contributed by atoms with E-state index in [2.05, 4.69) is 17.1 Å². The Morgan fingerprint density at radius 3 is 2.32 bits per heavy atom. The lowest BCUT2D eigenvalue weighted by atomic mass is 9.84. The van der Waals surface area contributed by atoms with Gasteiger partial charge in [-0.05, 0) is 38.6 Å². The number of hydrogen-bond acceptors (Lipinski definition) is 3. The Morgan fingerprint density at radius 2 is 1.89 bits per heavy atom. The zero-order valence-corrected chi connectivity index (χ0v) is 12.2. The third-order valence-electron chi connectivity index (χ3n) is 4.16. The third kappa shape index (κ3) is 5.19. The summed E-state index contributed by atoms with van der Waals surface area (Å²) in [5.41, 5.74) is 0. The molecule has 5 nitrogen and oxygen atoms in total. The fourth-order valence-electron chi connectivity index (χ4n) is 2.86. The van der Waals surface area contributed by atoms with Crippen molar-refractivity contribution in [1.29, 1.82) is 0 Å². The summed E-state index contributed by atoms with van der Waals surface area (Å²) in [6.07, 6.45) is 5.94. The normalized spacial score (nSPS) is 25.1. The highest BCUT2D eigenvalue weighted by molar-refractivity contribution is 5.82. The van der Waals surface area contributed by atoms with Crippen molar-refractivity contribution in [3.63, 3.8) is 0 Å². The molecular weight excluding hydrogens is 244 g/mol. The molecule has 1 amide bonds. The van der Waals surface area contributed by atoms with E-state index in [9.17, 15) is 9.59 Å². The fourth-order valence-corrected chi connectivity index (χ4v) is 2.86. The summed E-state index contributed by atoms with van der Waals surface area (Å²) in [7, 11) is 1.95. The summed E-state index contributed by atoms with van der Waals surface area (Å²) in [5, 5.41) is 11.6. The molecule has 19 heavy (non-hydrogen) atoms. The maximum absolute atomic E-state index is 11.1. The Labute approximate surface area is 115 Å². The number of amides is 1. The number of nitrogens with zero attached hydrogens (tertiary/aromatic N) is 1. The Balaban J connectivity index is 2.46. The van der Waals surface area contributed by atoms with Gasteiger partial charge in [-0.2, -0.15) is 0 Å². The van der Waals surface area contributed by atoms with Gasteiger partial charge in [0, 0.05) is 19.5 Å². The minimum absolute atomic E-state index is 0.296. The number of hydrogen-bond donors (Lipinski definition) is 2. The van der Waals surface area contributed by atoms with Gasteiger partial charge in [-0.3, -0.25) is 4.79 Å². The second kappa shape index (κ2) is 7.48. The molecule has 1 rings (SSSR count). The highest BCUT2D eigenvalue weighted by Crippen LogP contribution is 2.28. The Kier molecular flexibility index (Phi) is 6.28. The average Bonchev–Trinajstić information content (AvgIpc) is 2.37. The molecule has 1 unspecified atom stereocenters. The smallest absolute Gasteiger partial charge is 0.327 e. The van der Waals surface area contributed by atoms with Crippen LogP contribution >= 0.6 is 0 Å². The first-order valence-electron chi connectivity index (χ1n) is 7.14. The first kappa shape index (κ1) is 16.0. The summed E-state index contributed by atoms with van der Waals surface area (Å²) in [6.45, 7) is 3.95. The lowest BCUT2D eigenvalue weighted by Gasteiger charge is -2.35. The summed E-state index contributed by atoms with van der Waals surface area (Å²) in [6, 6.07) is -0.371. The molecule has 110 valence electrons. The first-order chi connectivity index (χ1) is 8.93. The second-order valence-electron chi connectivity index (χ2n) is 5.61. The van der Waals surface area contributed by atoms with Gasteiger partial charge in [0.2, 0.25) is 5.91 Å². The van der Waals surface area contributed by atoms with E-state index in [0.29, 0.717) is 12.6 Å². The van der Waals surface area contributed by atoms with Gasteiger partial charge in [0.15, 0.2) is 0 Å². The maximum atomic E-state index is 11.1. The van der Waals surface area contributed by atoms with E-state index in [1.165, 1.54) is 26.2 Å². The average molecular weight is 270 g/mol. The Hall–Kier alpha value is -1.10. The van der Waals surface area contributed by atoms with Crippen molar-refractivity contribution in [3.05, 3.63) is 0 Å². The van der Waals surface area contributed by atoms with Gasteiger partial charge in [0.1, 0.15) is 6.04 Å². The summed E-state index contributed by atoms with van der Waals surface area (Å²) >= 11 is 0. The number of likely N-dealkylation sites (N-methyl/N-ethyl adjacent to an activating group) is 1. The number of carboxylic acid groups (broad SMARTS) is 1. The van der Waals surface area contributed by atoms with Gasteiger partial charge >= 0.3 is 5.97 Å². The number of nitrogens with one attached hydrogen (secondary N) is 1. The van der Waals surface area contributed by atoms with Crippen molar-refractivity contribution in [2.24, 2.45) is 5.92 Å². The van der Waals surface area contributed by atoms with Crippen LogP contribution in [0.5, 0.6) is 0 Å². The topological polar surface area (TPSA) is 69.6 Å². The minimum Gasteiger partial charge on any atom is -0.480 e. The van der Waals surface area contributed by atoms with E-state index in [4.69, 9.17) is 5.11 Å². The van der Waals surface area contributed by atoms with Crippen molar-refractivity contribution in [3.8, 4) is 0 Å². The zero-order chi connectivity index (χ0) is 14.4. The molecule has 0 spiro atoms. The van der Waals surface area contributed by atoms with Crippen molar-refractivity contribution in [1.82, 2.24) is 10.2 Å². The molecule has 1 aliphatic rings. The van der Waals surface area contributed by atoms with Gasteiger partial charge < -0.3 is 15.3 Å². The number of carbonyl (C=O) groups excluding carboxylic acids is 1. The van der Waals surface area contributed by atoms with Crippen molar-refractivity contribution < 1.29 is 14.7 Å². The number of carboxylic acids is 1. The van der Waals surface area contributed by atoms with Crippen LogP contribution in [-0.4, -0.2) is 47.6 Å². The van der Waals surface area contributed by atoms with Crippen molar-refractivity contribution >= 4 is 11.9 Å². The molecule has 1 aliphatic carbocycles. The quantitative estimate of drug-likeness (QED) is 0.767. The highest BCUT2D eigenvalue weighted by Gasteiger charge is 2.27. The van der Waals surface area contributed by atoms with Crippen LogP contribution in [0.25, 0.3) is 0 Å². The van der Waals surface area contributed by atoms with Crippen molar-refractivity contribution in [2.75, 3.05) is 13.6 Å². The molecule has 0 radical (unpaired) electrons. The van der Waals surface area contributed by atoms with E-state index < -0.39 is 12.0 Å². The lowest BCUT2D eigenvalue weighted by Crippen LogP contribution is -2.49. The van der Waals surface area contributed by atoms with Crippen LogP contribution in [0.4, 0.5) is 0 Å². The molecule has 0 aromatic rings. The molecule has 0 bridgehead atoms. The monoisotopic (exact) mass is 270 g/mol. The van der Waals surface area contributed by atoms with Gasteiger partial charge in [0.25, 0.3) is 0 Å². The fraction of sp³-hybridized carbons (Fsp3) is 0.857. The van der Waals surface area contributed by atoms with Crippen LogP contribution in [0.2, 0.25) is 0 Å². The number of rotatable bonds is 6. The largest absolute Gasteiger partial charge is 0.480 e. The van der Waals surface area contributed by atoms with E-state index in [-0.39, 0.29) is 5.91 Å². The molecule has 0 saturated heterocycles. The molecule has 2 N–H and O–H groups in total. The van der Waals surface area contributed by atoms with E-state index in [1.54, 1.807) is 0 Å². The van der Waals surface area contributed by atoms with Gasteiger partial charge in [-0.1, -0.05) is 13.3 Å². The van der Waals surface area contributed by atoms with Crippen LogP contribution in [0, 0.1) is 5.92 Å². The molecule has 0 heterocycles. The van der Waals surface area contributed by atoms with Gasteiger partial charge in [0.05, 0.1) is 0 Å². The predicted octanol–water partition coefficient (Wildman–Crippen LogP) is 1.48. The SMILES string of the molecule is CCC1CCC(N(C)CC(NC(C)=O)C(=O)O)CC1. The summed E-state index contributed by atoms with van der Waals surface area (Å²) in [4.78, 5) is 24.2. The standard InChI is InChI=1S/C14H26N2O3/c1-4-11-5-7-12(8-6-11)16(3)9-13(14(18)19)15-10(2)17/h11-13H,4-9H2,1-3H3,(H,15,17)(H,18,19). The molecule has 1 saturated carbocycles. The van der Waals surface area contributed by atoms with Gasteiger partial charge in [-0.25, -0.2) is 4.79 Å². The predicted molar refractivity (Wildman–Crippen MR) is 73.9 cm³/mol. The van der Waals surface area contributed by atoms with Crippen LogP contribution in [0.3, 0.4) is 0 Å². The highest BCUT2D eigenvalue weighted by atomic mass is 16.4. The van der Waals surface area contributed by atoms with E-state index in [1.807, 2.05) is 7.05 Å². The van der Waals surface area contributed by atoms with Crippen molar-refractivity contribution in [2.45, 2.75) is 58.0 Å². The summed E-state index contributed by atoms with van der Waals surface area (Å²) in [5.74, 6) is -0.435. The zero-order valence-electron chi connectivity index (χ0n) is 12.2. The molecule has 0 aliphatic heterocycles. The van der Waals surface area contributed by atoms with E-state index in [0.717, 1.165) is 18.8 Å².